The van der Waals surface area contributed by atoms with Gasteiger partial charge in [0.1, 0.15) is 11.7 Å². The minimum Gasteiger partial charge on any atom is -0.478 e. The van der Waals surface area contributed by atoms with Gasteiger partial charge in [-0.1, -0.05) is 29.8 Å². The Morgan fingerprint density at radius 1 is 1.00 bits per heavy atom. The lowest BCUT2D eigenvalue weighted by atomic mass is 9.89. The average Bonchev–Trinajstić information content (AvgIpc) is 3.08. The van der Waals surface area contributed by atoms with Crippen LogP contribution in [0.3, 0.4) is 0 Å². The second-order valence-electron chi connectivity index (χ2n) is 11.3. The number of ether oxygens (including phenoxy) is 1. The Morgan fingerprint density at radius 2 is 1.72 bits per heavy atom. The second kappa shape index (κ2) is 13.2. The number of hydrogen-bond acceptors (Lipinski definition) is 7. The molecule has 2 amide bonds. The van der Waals surface area contributed by atoms with E-state index in [2.05, 4.69) is 21.6 Å². The quantitative estimate of drug-likeness (QED) is 0.318. The molecule has 238 valence electrons. The number of carboxylic acids is 1. The zero-order chi connectivity index (χ0) is 32.4. The highest BCUT2D eigenvalue weighted by Gasteiger charge is 2.39. The molecule has 1 fully saturated rings. The smallest absolute Gasteiger partial charge is 0.335 e. The molecule has 0 spiro atoms. The molecule has 1 atom stereocenters. The Bertz CT molecular complexity index is 1720. The number of amides is 2. The van der Waals surface area contributed by atoms with E-state index in [1.807, 2.05) is 12.1 Å². The minimum atomic E-state index is -1.08. The highest BCUT2D eigenvalue weighted by molar-refractivity contribution is 6.31. The van der Waals surface area contributed by atoms with E-state index in [0.717, 1.165) is 37.2 Å². The van der Waals surface area contributed by atoms with Crippen LogP contribution in [0.25, 0.3) is 0 Å². The number of fused-ring (bicyclic) bond motifs is 1. The fraction of sp³-hybridized carbons (Fsp3) is 0.265. The lowest BCUT2D eigenvalue weighted by Crippen LogP contribution is -2.48. The van der Waals surface area contributed by atoms with Crippen molar-refractivity contribution in [2.45, 2.75) is 31.4 Å². The van der Waals surface area contributed by atoms with Crippen LogP contribution in [-0.2, 0) is 20.7 Å². The molecule has 3 heterocycles. The van der Waals surface area contributed by atoms with Gasteiger partial charge in [0.25, 0.3) is 11.8 Å². The molecule has 0 saturated carbocycles. The normalized spacial score (nSPS) is 18.0. The van der Waals surface area contributed by atoms with E-state index in [4.69, 9.17) is 16.3 Å². The lowest BCUT2D eigenvalue weighted by Gasteiger charge is -2.40. The minimum absolute atomic E-state index is 0.0475. The van der Waals surface area contributed by atoms with Crippen LogP contribution >= 0.6 is 11.6 Å². The van der Waals surface area contributed by atoms with Crippen LogP contribution in [0.15, 0.2) is 85.0 Å². The van der Waals surface area contributed by atoms with E-state index in [1.54, 1.807) is 25.4 Å². The number of carbonyl (C=O) groups excluding carboxylic acids is 2. The number of benzene rings is 3. The monoisotopic (exact) mass is 645 g/mol. The molecule has 1 saturated heterocycles. The summed E-state index contributed by atoms with van der Waals surface area (Å²) in [6.45, 7) is 1.87. The van der Waals surface area contributed by atoms with Gasteiger partial charge in [0.05, 0.1) is 22.4 Å². The van der Waals surface area contributed by atoms with Gasteiger partial charge in [-0.2, -0.15) is 0 Å². The van der Waals surface area contributed by atoms with E-state index in [1.165, 1.54) is 52.5 Å². The Kier molecular flexibility index (Phi) is 8.96. The number of hydrogen-bond donors (Lipinski definition) is 3. The fourth-order valence-corrected chi connectivity index (χ4v) is 6.40. The number of carboxylic acid groups (broad SMARTS) is 1. The van der Waals surface area contributed by atoms with Crippen molar-refractivity contribution in [1.82, 2.24) is 10.2 Å². The van der Waals surface area contributed by atoms with Crippen molar-refractivity contribution >= 4 is 46.4 Å². The third-order valence-corrected chi connectivity index (χ3v) is 8.89. The van der Waals surface area contributed by atoms with Gasteiger partial charge in [-0.3, -0.25) is 9.59 Å². The van der Waals surface area contributed by atoms with Crippen molar-refractivity contribution in [3.05, 3.63) is 112 Å². The first-order valence-electron chi connectivity index (χ1n) is 15.0. The lowest BCUT2D eigenvalue weighted by molar-refractivity contribution is -0.136. The molecule has 3 N–H and O–H groups in total. The summed E-state index contributed by atoms with van der Waals surface area (Å²) in [7, 11) is 1.73. The van der Waals surface area contributed by atoms with Gasteiger partial charge in [0.2, 0.25) is 0 Å². The highest BCUT2D eigenvalue weighted by Crippen LogP contribution is 2.38. The summed E-state index contributed by atoms with van der Waals surface area (Å²) in [5.41, 5.74) is 3.53. The van der Waals surface area contributed by atoms with Gasteiger partial charge in [-0.25, -0.2) is 9.18 Å². The van der Waals surface area contributed by atoms with Crippen LogP contribution in [0, 0.1) is 5.82 Å². The molecule has 0 bridgehead atoms. The molecular formula is C34H33ClFN5O5. The largest absolute Gasteiger partial charge is 0.478 e. The Labute approximate surface area is 270 Å². The van der Waals surface area contributed by atoms with Gasteiger partial charge < -0.3 is 35.2 Å². The highest BCUT2D eigenvalue weighted by atomic mass is 35.5. The molecule has 6 rings (SSSR count). The summed E-state index contributed by atoms with van der Waals surface area (Å²) in [5, 5.41) is 15.1. The number of anilines is 3. The number of carbonyl (C=O) groups is 3. The third kappa shape index (κ3) is 6.16. The van der Waals surface area contributed by atoms with Crippen molar-refractivity contribution in [2.24, 2.45) is 0 Å². The zero-order valence-electron chi connectivity index (χ0n) is 25.1. The molecule has 0 radical (unpaired) electrons. The van der Waals surface area contributed by atoms with Crippen LogP contribution in [0.1, 0.15) is 40.4 Å². The SMILES string of the molecule is COC1CCN(c2cccc3c2CCN(C(=O)C2=CN(c4cccc(Cl)c4F)C=CN2)C3C(=O)Nc2ccc(C(=O)O)cc2)CC1. The predicted molar refractivity (Wildman–Crippen MR) is 173 cm³/mol. The Morgan fingerprint density at radius 3 is 2.43 bits per heavy atom. The maximum Gasteiger partial charge on any atom is 0.335 e. The predicted octanol–water partition coefficient (Wildman–Crippen LogP) is 5.28. The molecule has 46 heavy (non-hydrogen) atoms. The Hall–Kier alpha value is -4.87. The summed E-state index contributed by atoms with van der Waals surface area (Å²) in [6.07, 6.45) is 7.07. The van der Waals surface area contributed by atoms with Crippen molar-refractivity contribution in [3.8, 4) is 0 Å². The maximum atomic E-state index is 14.9. The van der Waals surface area contributed by atoms with Crippen LogP contribution in [-0.4, -0.2) is 60.6 Å². The fourth-order valence-electron chi connectivity index (χ4n) is 6.23. The molecule has 3 aromatic rings. The summed E-state index contributed by atoms with van der Waals surface area (Å²) in [6, 6.07) is 15.3. The Balaban J connectivity index is 1.34. The number of nitrogens with one attached hydrogen (secondary N) is 2. The maximum absolute atomic E-state index is 14.9. The standard InChI is InChI=1S/C34H33ClFN5O5/c1-46-23-12-16-39(17-13-23)28-6-2-4-25-24(28)14-18-41(31(25)32(42)38-22-10-8-21(9-11-22)34(44)45)33(43)27-20-40(19-15-37-27)29-7-3-5-26(35)30(29)36/h2-11,15,19-20,23,31,37H,12-14,16-18H2,1H3,(H,38,42)(H,44,45). The first-order chi connectivity index (χ1) is 22.2. The first kappa shape index (κ1) is 31.1. The molecule has 12 heteroatoms. The topological polar surface area (TPSA) is 114 Å². The first-order valence-corrected chi connectivity index (χ1v) is 15.3. The molecule has 3 aromatic carbocycles. The van der Waals surface area contributed by atoms with Crippen molar-refractivity contribution in [2.75, 3.05) is 41.9 Å². The molecule has 0 aliphatic carbocycles. The number of aromatic carboxylic acids is 1. The van der Waals surface area contributed by atoms with Crippen LogP contribution in [0.5, 0.6) is 0 Å². The summed E-state index contributed by atoms with van der Waals surface area (Å²) >= 11 is 6.01. The third-order valence-electron chi connectivity index (χ3n) is 8.60. The second-order valence-corrected chi connectivity index (χ2v) is 11.7. The average molecular weight is 646 g/mol. The molecular weight excluding hydrogens is 613 g/mol. The number of nitrogens with zero attached hydrogens (tertiary/aromatic N) is 3. The molecule has 1 unspecified atom stereocenters. The van der Waals surface area contributed by atoms with E-state index >= 15 is 0 Å². The van der Waals surface area contributed by atoms with Crippen LogP contribution < -0.4 is 20.4 Å². The van der Waals surface area contributed by atoms with Gasteiger partial charge in [0.15, 0.2) is 5.82 Å². The number of halogens is 2. The van der Waals surface area contributed by atoms with Crippen LogP contribution in [0.4, 0.5) is 21.5 Å². The molecule has 3 aliphatic heterocycles. The van der Waals surface area contributed by atoms with E-state index in [-0.39, 0.29) is 34.6 Å². The summed E-state index contributed by atoms with van der Waals surface area (Å²) in [4.78, 5) is 44.9. The van der Waals surface area contributed by atoms with E-state index < -0.39 is 29.6 Å². The number of rotatable bonds is 7. The molecule has 10 nitrogen and oxygen atoms in total. The van der Waals surface area contributed by atoms with Crippen molar-refractivity contribution < 1.29 is 28.6 Å². The molecule has 0 aromatic heterocycles. The van der Waals surface area contributed by atoms with Gasteiger partial charge in [-0.15, -0.1) is 0 Å². The van der Waals surface area contributed by atoms with Crippen LogP contribution in [0.2, 0.25) is 5.02 Å². The van der Waals surface area contributed by atoms with Crippen molar-refractivity contribution in [3.63, 3.8) is 0 Å². The summed E-state index contributed by atoms with van der Waals surface area (Å²) < 4.78 is 20.4. The van der Waals surface area contributed by atoms with Gasteiger partial charge in [-0.05, 0) is 72.9 Å². The number of piperidine rings is 1. The zero-order valence-corrected chi connectivity index (χ0v) is 25.8. The number of methoxy groups -OCH3 is 1. The molecule has 3 aliphatic rings. The van der Waals surface area contributed by atoms with E-state index in [9.17, 15) is 23.9 Å². The van der Waals surface area contributed by atoms with E-state index in [0.29, 0.717) is 17.7 Å². The van der Waals surface area contributed by atoms with Gasteiger partial charge in [0, 0.05) is 56.7 Å². The summed E-state index contributed by atoms with van der Waals surface area (Å²) in [5.74, 6) is -2.60. The van der Waals surface area contributed by atoms with Crippen molar-refractivity contribution in [1.29, 1.82) is 0 Å². The van der Waals surface area contributed by atoms with Gasteiger partial charge >= 0.3 is 5.97 Å².